The summed E-state index contributed by atoms with van der Waals surface area (Å²) in [5.41, 5.74) is 7.28. The van der Waals surface area contributed by atoms with Crippen LogP contribution in [0.5, 0.6) is 0 Å². The molecule has 4 heterocycles. The highest BCUT2D eigenvalue weighted by molar-refractivity contribution is 5.99. The molecule has 0 saturated carbocycles. The second-order valence-electron chi connectivity index (χ2n) is 16.2. The zero-order valence-electron chi connectivity index (χ0n) is 34.0. The van der Waals surface area contributed by atoms with Gasteiger partial charge in [0.05, 0.1) is 36.7 Å². The van der Waals surface area contributed by atoms with E-state index in [9.17, 15) is 24.3 Å². The lowest BCUT2D eigenvalue weighted by Gasteiger charge is -2.35. The minimum Gasteiger partial charge on any atom is -0.464 e. The summed E-state index contributed by atoms with van der Waals surface area (Å²) in [5, 5.41) is 16.8. The first kappa shape index (κ1) is 42.0. The van der Waals surface area contributed by atoms with Gasteiger partial charge in [0.25, 0.3) is 0 Å². The van der Waals surface area contributed by atoms with E-state index in [1.807, 2.05) is 112 Å². The summed E-state index contributed by atoms with van der Waals surface area (Å²) in [6.07, 6.45) is 1.46. The van der Waals surface area contributed by atoms with Crippen LogP contribution in [0.1, 0.15) is 56.6 Å². The second kappa shape index (κ2) is 18.7. The molecule has 3 unspecified atom stereocenters. The lowest BCUT2D eigenvalue weighted by atomic mass is 9.81. The number of esters is 1. The number of nitrogens with one attached hydrogen (secondary N) is 2. The number of benzene rings is 2. The summed E-state index contributed by atoms with van der Waals surface area (Å²) >= 11 is 0. The molecule has 2 fully saturated rings. The SMILES string of the molecule is CCC(C)C(C(=O)N[C@@H](Cc1ccccc1)[C@@H](O)CN(Cc1ccc(-c2ccccn2)cc1)NC(=O)C1C(=O)OCC1(C)C)N1CCN(Cc2cccc(C)n2)C1=O. The Kier molecular flexibility index (Phi) is 13.6. The minimum absolute atomic E-state index is 0.0956. The van der Waals surface area contributed by atoms with Crippen molar-refractivity contribution in [2.24, 2.45) is 17.3 Å². The monoisotopic (exact) mass is 789 g/mol. The molecule has 3 N–H and O–H groups in total. The summed E-state index contributed by atoms with van der Waals surface area (Å²) in [4.78, 5) is 67.3. The molecule has 2 saturated heterocycles. The maximum atomic E-state index is 14.5. The van der Waals surface area contributed by atoms with Crippen LogP contribution >= 0.6 is 0 Å². The highest BCUT2D eigenvalue weighted by Gasteiger charge is 2.49. The maximum absolute atomic E-state index is 14.5. The summed E-state index contributed by atoms with van der Waals surface area (Å²) in [7, 11) is 0. The number of aromatic nitrogens is 2. The molecule has 306 valence electrons. The van der Waals surface area contributed by atoms with Crippen LogP contribution in [0, 0.1) is 24.2 Å². The third-order valence-corrected chi connectivity index (χ3v) is 11.1. The van der Waals surface area contributed by atoms with E-state index in [1.54, 1.807) is 34.9 Å². The zero-order valence-corrected chi connectivity index (χ0v) is 34.0. The van der Waals surface area contributed by atoms with Crippen molar-refractivity contribution in [3.05, 3.63) is 120 Å². The van der Waals surface area contributed by atoms with E-state index in [4.69, 9.17) is 4.74 Å². The van der Waals surface area contributed by atoms with E-state index < -0.39 is 41.4 Å². The van der Waals surface area contributed by atoms with Gasteiger partial charge in [0, 0.05) is 49.0 Å². The lowest BCUT2D eigenvalue weighted by molar-refractivity contribution is -0.147. The van der Waals surface area contributed by atoms with E-state index in [0.29, 0.717) is 26.1 Å². The molecule has 0 spiro atoms. The van der Waals surface area contributed by atoms with Gasteiger partial charge in [-0.2, -0.15) is 0 Å². The zero-order chi connectivity index (χ0) is 41.4. The van der Waals surface area contributed by atoms with Crippen molar-refractivity contribution >= 4 is 23.8 Å². The van der Waals surface area contributed by atoms with Crippen molar-refractivity contribution in [2.75, 3.05) is 26.2 Å². The second-order valence-corrected chi connectivity index (χ2v) is 16.2. The molecule has 13 heteroatoms. The standard InChI is InChI=1S/C45H55N7O6/c1-6-30(2)40(52-24-23-50(44(52)57)27-35-16-12-13-31(3)47-35)42(55)48-37(25-32-14-8-7-9-15-32)38(53)28-51(49-41(54)39-43(56)58-29-45(39,4)5)26-33-18-20-34(21-19-33)36-17-10-11-22-46-36/h7-22,30,37-40,53H,6,23-29H2,1-5H3,(H,48,55)(H,49,54)/t30?,37-,38-,39?,40?/m0/s1. The van der Waals surface area contributed by atoms with E-state index >= 15 is 0 Å². The van der Waals surface area contributed by atoms with Gasteiger partial charge >= 0.3 is 12.0 Å². The number of rotatable bonds is 17. The fraction of sp³-hybridized carbons (Fsp3) is 0.422. The molecule has 6 rings (SSSR count). The normalized spacial score (nSPS) is 18.4. The van der Waals surface area contributed by atoms with Gasteiger partial charge in [-0.3, -0.25) is 29.8 Å². The van der Waals surface area contributed by atoms with Crippen molar-refractivity contribution in [2.45, 2.75) is 78.7 Å². The Balaban J connectivity index is 1.24. The molecule has 13 nitrogen and oxygen atoms in total. The summed E-state index contributed by atoms with van der Waals surface area (Å²) in [5.74, 6) is -2.74. The van der Waals surface area contributed by atoms with Gasteiger partial charge in [-0.05, 0) is 54.7 Å². The number of cyclic esters (lactones) is 1. The van der Waals surface area contributed by atoms with E-state index in [0.717, 1.165) is 33.8 Å². The molecular formula is C45H55N7O6. The largest absolute Gasteiger partial charge is 0.464 e. The molecular weight excluding hydrogens is 735 g/mol. The number of ether oxygens (including phenoxy) is 1. The number of hydrogen-bond donors (Lipinski definition) is 3. The van der Waals surface area contributed by atoms with Crippen LogP contribution < -0.4 is 10.7 Å². The van der Waals surface area contributed by atoms with Gasteiger partial charge in [0.1, 0.15) is 12.0 Å². The molecule has 2 aliphatic rings. The van der Waals surface area contributed by atoms with Gasteiger partial charge in [-0.1, -0.05) is 101 Å². The van der Waals surface area contributed by atoms with E-state index in [1.165, 1.54) is 0 Å². The Labute approximate surface area is 340 Å². The van der Waals surface area contributed by atoms with Gasteiger partial charge < -0.3 is 25.0 Å². The summed E-state index contributed by atoms with van der Waals surface area (Å²) in [6, 6.07) is 26.8. The maximum Gasteiger partial charge on any atom is 0.321 e. The number of aliphatic hydroxyl groups is 1. The number of carbonyl (C=O) groups excluding carboxylic acids is 4. The van der Waals surface area contributed by atoms with E-state index in [2.05, 4.69) is 20.7 Å². The topological polar surface area (TPSA) is 157 Å². The number of hydrogen-bond acceptors (Lipinski definition) is 9. The third kappa shape index (κ3) is 10.3. The molecule has 4 amide bonds. The smallest absolute Gasteiger partial charge is 0.321 e. The van der Waals surface area contributed by atoms with Crippen molar-refractivity contribution < 1.29 is 29.0 Å². The van der Waals surface area contributed by atoms with Crippen molar-refractivity contribution in [3.63, 3.8) is 0 Å². The van der Waals surface area contributed by atoms with Crippen LogP contribution in [-0.2, 0) is 38.6 Å². The number of urea groups is 1. The number of pyridine rings is 2. The predicted molar refractivity (Wildman–Crippen MR) is 219 cm³/mol. The van der Waals surface area contributed by atoms with Gasteiger partial charge in [0.15, 0.2) is 0 Å². The molecule has 4 aromatic rings. The fourth-order valence-corrected chi connectivity index (χ4v) is 7.70. The van der Waals surface area contributed by atoms with Crippen LogP contribution in [0.25, 0.3) is 11.3 Å². The first-order valence-corrected chi connectivity index (χ1v) is 20.1. The lowest BCUT2D eigenvalue weighted by Crippen LogP contribution is -2.58. The van der Waals surface area contributed by atoms with Crippen LogP contribution in [0.4, 0.5) is 4.79 Å². The molecule has 0 radical (unpaired) electrons. The van der Waals surface area contributed by atoms with Crippen molar-refractivity contribution in [1.82, 2.24) is 35.5 Å². The van der Waals surface area contributed by atoms with Gasteiger partial charge in [-0.25, -0.2) is 9.80 Å². The van der Waals surface area contributed by atoms with E-state index in [-0.39, 0.29) is 44.0 Å². The van der Waals surface area contributed by atoms with Crippen LogP contribution in [0.15, 0.2) is 97.2 Å². The first-order chi connectivity index (χ1) is 27.8. The minimum atomic E-state index is -1.20. The Hall–Kier alpha value is -5.66. The fourth-order valence-electron chi connectivity index (χ4n) is 7.70. The Morgan fingerprint density at radius 1 is 0.966 bits per heavy atom. The van der Waals surface area contributed by atoms with Gasteiger partial charge in [0.2, 0.25) is 11.8 Å². The average Bonchev–Trinajstić information content (AvgIpc) is 3.70. The summed E-state index contributed by atoms with van der Waals surface area (Å²) < 4.78 is 5.27. The van der Waals surface area contributed by atoms with Crippen LogP contribution in [-0.4, -0.2) is 98.1 Å². The third-order valence-electron chi connectivity index (χ3n) is 11.1. The number of hydrazine groups is 1. The molecule has 5 atom stereocenters. The quantitative estimate of drug-likeness (QED) is 0.0768. The number of nitrogens with zero attached hydrogens (tertiary/aromatic N) is 5. The Morgan fingerprint density at radius 2 is 1.71 bits per heavy atom. The predicted octanol–water partition coefficient (Wildman–Crippen LogP) is 4.93. The van der Waals surface area contributed by atoms with Crippen molar-refractivity contribution in [1.29, 1.82) is 0 Å². The summed E-state index contributed by atoms with van der Waals surface area (Å²) in [6.45, 7) is 10.8. The molecule has 58 heavy (non-hydrogen) atoms. The average molecular weight is 790 g/mol. The van der Waals surface area contributed by atoms with Gasteiger partial charge in [-0.15, -0.1) is 0 Å². The number of aryl methyl sites for hydroxylation is 1. The Morgan fingerprint density at radius 3 is 2.36 bits per heavy atom. The molecule has 2 aliphatic heterocycles. The van der Waals surface area contributed by atoms with Crippen molar-refractivity contribution in [3.8, 4) is 11.3 Å². The molecule has 2 aromatic carbocycles. The highest BCUT2D eigenvalue weighted by atomic mass is 16.5. The number of carbonyl (C=O) groups is 4. The number of aliphatic hydroxyl groups excluding tert-OH is 1. The molecule has 0 aliphatic carbocycles. The Bertz CT molecular complexity index is 2030. The first-order valence-electron chi connectivity index (χ1n) is 20.1. The van der Waals surface area contributed by atoms with Crippen LogP contribution in [0.2, 0.25) is 0 Å². The van der Waals surface area contributed by atoms with Crippen LogP contribution in [0.3, 0.4) is 0 Å². The molecule has 0 bridgehead atoms. The highest BCUT2D eigenvalue weighted by Crippen LogP contribution is 2.34. The molecule has 2 aromatic heterocycles. The number of amides is 4.